The number of hydrogen-bond acceptors (Lipinski definition) is 2. The van der Waals surface area contributed by atoms with Crippen LogP contribution in [0.3, 0.4) is 0 Å². The van der Waals surface area contributed by atoms with Crippen molar-refractivity contribution in [2.45, 2.75) is 48.3 Å². The Kier molecular flexibility index (Phi) is 11.1. The summed E-state index contributed by atoms with van der Waals surface area (Å²) in [5, 5.41) is 0. The van der Waals surface area contributed by atoms with Crippen molar-refractivity contribution in [2.75, 3.05) is 0 Å². The molecular formula is C8F22O2. The Morgan fingerprint density at radius 1 is 0.281 bits per heavy atom. The van der Waals surface area contributed by atoms with Crippen molar-refractivity contribution in [1.82, 2.24) is 0 Å². The summed E-state index contributed by atoms with van der Waals surface area (Å²) < 4.78 is 246. The van der Waals surface area contributed by atoms with Crippen molar-refractivity contribution in [3.05, 3.63) is 0 Å². The van der Waals surface area contributed by atoms with Gasteiger partial charge >= 0.3 is 48.3 Å². The third kappa shape index (κ3) is 6.24. The summed E-state index contributed by atoms with van der Waals surface area (Å²) in [6.45, 7) is 0. The van der Waals surface area contributed by atoms with Crippen molar-refractivity contribution in [1.29, 1.82) is 0 Å². The lowest BCUT2D eigenvalue weighted by molar-refractivity contribution is -0.499. The molecular weight excluding hydrogens is 546 g/mol. The second-order valence-electron chi connectivity index (χ2n) is 4.50. The van der Waals surface area contributed by atoms with E-state index in [1.807, 2.05) is 0 Å². The van der Waals surface area contributed by atoms with Gasteiger partial charge in [0.15, 0.2) is 0 Å². The van der Waals surface area contributed by atoms with E-state index in [1.54, 1.807) is 0 Å². The van der Waals surface area contributed by atoms with Crippen LogP contribution >= 0.6 is 0 Å². The molecule has 0 aromatic heterocycles. The minimum absolute atomic E-state index is 1.16. The van der Waals surface area contributed by atoms with Crippen LogP contribution in [0.15, 0.2) is 0 Å². The van der Waals surface area contributed by atoms with Crippen LogP contribution in [0.25, 0.3) is 0 Å². The van der Waals surface area contributed by atoms with Gasteiger partial charge in [0.1, 0.15) is 0 Å². The maximum atomic E-state index is 11.6. The van der Waals surface area contributed by atoms with Gasteiger partial charge in [-0.1, -0.05) is 0 Å². The molecule has 0 saturated heterocycles. The second kappa shape index (κ2) is 10.1. The summed E-state index contributed by atoms with van der Waals surface area (Å²) >= 11 is 0. The molecule has 0 atom stereocenters. The van der Waals surface area contributed by atoms with Crippen LogP contribution in [0.2, 0.25) is 0 Å². The minimum atomic E-state index is -7.02. The van der Waals surface area contributed by atoms with Crippen LogP contribution < -0.4 is 0 Å². The molecule has 0 unspecified atom stereocenters. The summed E-state index contributed by atoms with van der Waals surface area (Å²) in [6.07, 6.45) is -42.1. The van der Waals surface area contributed by atoms with Crippen LogP contribution in [-0.4, -0.2) is 48.3 Å². The first kappa shape index (κ1) is 35.0. The summed E-state index contributed by atoms with van der Waals surface area (Å²) in [7, 11) is 0. The first-order valence-corrected chi connectivity index (χ1v) is 5.76. The molecule has 32 heavy (non-hydrogen) atoms. The Hall–Kier alpha value is -1.62. The van der Waals surface area contributed by atoms with Gasteiger partial charge in [0, 0.05) is 9.15 Å². The zero-order valence-corrected chi connectivity index (χ0v) is 13.1. The highest BCUT2D eigenvalue weighted by atomic mass is 20.0. The molecule has 0 aliphatic carbocycles. The molecule has 2 nitrogen and oxygen atoms in total. The summed E-state index contributed by atoms with van der Waals surface area (Å²) in [5.41, 5.74) is -13.6. The Bertz CT molecular complexity index is 417. The first-order valence-electron chi connectivity index (χ1n) is 5.76. The molecule has 198 valence electrons. The van der Waals surface area contributed by atoms with Gasteiger partial charge in [0.05, 0.1) is 0 Å². The van der Waals surface area contributed by atoms with Crippen molar-refractivity contribution in [3.8, 4) is 0 Å². The number of rotatable bonds is 2. The van der Waals surface area contributed by atoms with E-state index in [4.69, 9.17) is 9.15 Å². The van der Waals surface area contributed by atoms with E-state index in [9.17, 15) is 88.1 Å². The van der Waals surface area contributed by atoms with Gasteiger partial charge in [-0.25, -0.2) is 0 Å². The maximum Gasteiger partial charge on any atom is 0.439 e. The molecule has 0 radical (unpaired) electrons. The van der Waals surface area contributed by atoms with Crippen LogP contribution in [0.5, 0.6) is 0 Å². The van der Waals surface area contributed by atoms with E-state index in [2.05, 4.69) is 0 Å². The zero-order valence-electron chi connectivity index (χ0n) is 13.1. The molecule has 24 heteroatoms. The lowest BCUT2D eigenvalue weighted by atomic mass is 10.0. The molecule has 0 fully saturated rings. The van der Waals surface area contributed by atoms with Gasteiger partial charge in [0.2, 0.25) is 0 Å². The molecule has 0 heterocycles. The third-order valence-corrected chi connectivity index (χ3v) is 2.63. The molecule has 0 bridgehead atoms. The van der Waals surface area contributed by atoms with Crippen LogP contribution in [0.4, 0.5) is 97.2 Å². The quantitative estimate of drug-likeness (QED) is 0.335. The fraction of sp³-hybridized carbons (Fsp3) is 1.00. The topological polar surface area (TPSA) is 18.5 Å². The SMILES string of the molecule is FF.FOC(C(F)(F)F)(C(F)(F)F)C(F)(F)F.FOC(C(F)(F)F)(C(F)(F)F)C(F)(F)F. The molecule has 0 N–H and O–H groups in total. The van der Waals surface area contributed by atoms with E-state index in [1.165, 1.54) is 0 Å². The van der Waals surface area contributed by atoms with Crippen molar-refractivity contribution in [2.24, 2.45) is 0 Å². The highest BCUT2D eigenvalue weighted by molar-refractivity contribution is 5.02. The zero-order chi connectivity index (χ0) is 27.4. The monoisotopic (exact) mass is 546 g/mol. The number of alkyl halides is 18. The third-order valence-electron chi connectivity index (χ3n) is 2.63. The molecule has 0 spiro atoms. The molecule has 0 aromatic carbocycles. The molecule has 0 rings (SSSR count). The van der Waals surface area contributed by atoms with E-state index in [-0.39, 0.29) is 0 Å². The van der Waals surface area contributed by atoms with Crippen molar-refractivity contribution in [3.63, 3.8) is 0 Å². The Balaban J connectivity index is -0.000000487. The smallest absolute Gasteiger partial charge is 0.167 e. The fourth-order valence-electron chi connectivity index (χ4n) is 1.23. The second-order valence-corrected chi connectivity index (χ2v) is 4.50. The van der Waals surface area contributed by atoms with Gasteiger partial charge in [-0.3, -0.25) is 0 Å². The molecule has 0 saturated carbocycles. The molecule has 0 aliphatic heterocycles. The van der Waals surface area contributed by atoms with Gasteiger partial charge in [-0.05, 0) is 9.05 Å². The Labute approximate surface area is 157 Å². The Morgan fingerprint density at radius 3 is 0.375 bits per heavy atom. The highest BCUT2D eigenvalue weighted by Crippen LogP contribution is 2.56. The minimum Gasteiger partial charge on any atom is -0.167 e. The van der Waals surface area contributed by atoms with Gasteiger partial charge in [-0.2, -0.15) is 88.9 Å². The fourth-order valence-corrected chi connectivity index (χ4v) is 1.23. The summed E-state index contributed by atoms with van der Waals surface area (Å²) in [6, 6.07) is 0. The van der Waals surface area contributed by atoms with Gasteiger partial charge in [0.25, 0.3) is 0 Å². The predicted molar refractivity (Wildman–Crippen MR) is 48.4 cm³/mol. The molecule has 0 aromatic rings. The average Bonchev–Trinajstić information content (AvgIpc) is 2.42. The van der Waals surface area contributed by atoms with E-state index >= 15 is 0 Å². The first-order chi connectivity index (χ1) is 13.6. The lowest BCUT2D eigenvalue weighted by Gasteiger charge is -2.34. The van der Waals surface area contributed by atoms with Crippen molar-refractivity contribution >= 4 is 0 Å². The average molecular weight is 546 g/mol. The highest BCUT2D eigenvalue weighted by Gasteiger charge is 2.88. The van der Waals surface area contributed by atoms with E-state index < -0.39 is 48.3 Å². The predicted octanol–water partition coefficient (Wildman–Crippen LogP) is 7.47. The summed E-state index contributed by atoms with van der Waals surface area (Å²) in [5.74, 6) is 0. The number of hydrogen-bond donors (Lipinski definition) is 0. The number of halogens is 22. The summed E-state index contributed by atoms with van der Waals surface area (Å²) in [4.78, 5) is 2.31. The standard InChI is InChI=1S/2C4F10O.F2/c2*5-2(6,7)1(15-14,3(8,9)10)4(11,12)13;1-2. The van der Waals surface area contributed by atoms with Crippen LogP contribution in [0, 0.1) is 0 Å². The Morgan fingerprint density at radius 2 is 0.375 bits per heavy atom. The van der Waals surface area contributed by atoms with Gasteiger partial charge in [-0.15, -0.1) is 0 Å². The van der Waals surface area contributed by atoms with Gasteiger partial charge < -0.3 is 0 Å². The molecule has 0 amide bonds. The maximum absolute atomic E-state index is 11.6. The normalized spacial score (nSPS) is 14.8. The largest absolute Gasteiger partial charge is 0.439 e. The van der Waals surface area contributed by atoms with Crippen LogP contribution in [-0.2, 0) is 9.88 Å². The van der Waals surface area contributed by atoms with E-state index in [0.717, 1.165) is 9.88 Å². The molecule has 0 aliphatic rings. The van der Waals surface area contributed by atoms with E-state index in [0.29, 0.717) is 0 Å². The van der Waals surface area contributed by atoms with Crippen LogP contribution in [0.1, 0.15) is 0 Å². The van der Waals surface area contributed by atoms with Crippen molar-refractivity contribution < 1.29 is 107 Å². The lowest BCUT2D eigenvalue weighted by Crippen LogP contribution is -2.66.